The number of nitrogens with one attached hydrogen (secondary N) is 2. The second-order valence-corrected chi connectivity index (χ2v) is 8.74. The second-order valence-electron chi connectivity index (χ2n) is 8.74. The van der Waals surface area contributed by atoms with Crippen molar-refractivity contribution in [3.05, 3.63) is 70.8 Å². The van der Waals surface area contributed by atoms with E-state index in [0.717, 1.165) is 19.3 Å². The van der Waals surface area contributed by atoms with Gasteiger partial charge in [-0.15, -0.1) is 0 Å². The Balaban J connectivity index is 1.55. The van der Waals surface area contributed by atoms with Crippen LogP contribution in [0.15, 0.2) is 48.5 Å². The van der Waals surface area contributed by atoms with Crippen molar-refractivity contribution >= 4 is 11.8 Å². The van der Waals surface area contributed by atoms with Crippen LogP contribution in [0, 0.1) is 0 Å². The van der Waals surface area contributed by atoms with Crippen molar-refractivity contribution in [2.24, 2.45) is 0 Å². The molecule has 0 aromatic heterocycles. The number of aryl methyl sites for hydroxylation is 1. The summed E-state index contributed by atoms with van der Waals surface area (Å²) in [6.07, 6.45) is 2.75. The SMILES string of the molecule is CC(NC(=O)c1ccc(C(C)(C)C)cc1)C(=O)NC1CCc2ccccc2C1. The molecule has 2 aromatic rings. The normalized spacial score (nSPS) is 17.4. The lowest BCUT2D eigenvalue weighted by atomic mass is 9.86. The van der Waals surface area contributed by atoms with Gasteiger partial charge in [0.1, 0.15) is 6.04 Å². The first-order valence-corrected chi connectivity index (χ1v) is 10.0. The lowest BCUT2D eigenvalue weighted by Gasteiger charge is -2.27. The van der Waals surface area contributed by atoms with Crippen molar-refractivity contribution in [2.75, 3.05) is 0 Å². The van der Waals surface area contributed by atoms with Crippen LogP contribution < -0.4 is 10.6 Å². The zero-order valence-electron chi connectivity index (χ0n) is 17.2. The van der Waals surface area contributed by atoms with Gasteiger partial charge in [0.2, 0.25) is 5.91 Å². The van der Waals surface area contributed by atoms with Crippen LogP contribution in [0.4, 0.5) is 0 Å². The minimum absolute atomic E-state index is 0.0425. The molecular weight excluding hydrogens is 348 g/mol. The van der Waals surface area contributed by atoms with E-state index in [1.807, 2.05) is 30.3 Å². The van der Waals surface area contributed by atoms with Gasteiger partial charge < -0.3 is 10.6 Å². The topological polar surface area (TPSA) is 58.2 Å². The van der Waals surface area contributed by atoms with Crippen molar-refractivity contribution < 1.29 is 9.59 Å². The first-order chi connectivity index (χ1) is 13.2. The Kier molecular flexibility index (Phi) is 5.87. The van der Waals surface area contributed by atoms with E-state index in [1.54, 1.807) is 6.92 Å². The predicted molar refractivity (Wildman–Crippen MR) is 112 cm³/mol. The maximum atomic E-state index is 12.5. The van der Waals surface area contributed by atoms with Crippen LogP contribution in [0.5, 0.6) is 0 Å². The van der Waals surface area contributed by atoms with Gasteiger partial charge in [0, 0.05) is 11.6 Å². The van der Waals surface area contributed by atoms with Gasteiger partial charge in [-0.05, 0) is 60.4 Å². The fourth-order valence-electron chi connectivity index (χ4n) is 3.61. The van der Waals surface area contributed by atoms with E-state index in [0.29, 0.717) is 5.56 Å². The number of hydrogen-bond acceptors (Lipinski definition) is 2. The molecule has 0 saturated carbocycles. The van der Waals surface area contributed by atoms with Gasteiger partial charge in [0.25, 0.3) is 5.91 Å². The largest absolute Gasteiger partial charge is 0.351 e. The molecule has 0 saturated heterocycles. The third-order valence-electron chi connectivity index (χ3n) is 5.45. The summed E-state index contributed by atoms with van der Waals surface area (Å²) in [7, 11) is 0. The highest BCUT2D eigenvalue weighted by Crippen LogP contribution is 2.22. The second kappa shape index (κ2) is 8.17. The summed E-state index contributed by atoms with van der Waals surface area (Å²) in [6.45, 7) is 8.14. The summed E-state index contributed by atoms with van der Waals surface area (Å²) < 4.78 is 0. The van der Waals surface area contributed by atoms with E-state index in [2.05, 4.69) is 49.6 Å². The lowest BCUT2D eigenvalue weighted by molar-refractivity contribution is -0.123. The van der Waals surface area contributed by atoms with Gasteiger partial charge in [0.15, 0.2) is 0 Å². The molecule has 2 amide bonds. The van der Waals surface area contributed by atoms with Crippen LogP contribution in [0.2, 0.25) is 0 Å². The molecule has 148 valence electrons. The highest BCUT2D eigenvalue weighted by Gasteiger charge is 2.23. The van der Waals surface area contributed by atoms with Crippen LogP contribution >= 0.6 is 0 Å². The van der Waals surface area contributed by atoms with Gasteiger partial charge in [-0.25, -0.2) is 0 Å². The Labute approximate surface area is 167 Å². The molecule has 1 aliphatic carbocycles. The Bertz CT molecular complexity index is 850. The number of hydrogen-bond donors (Lipinski definition) is 2. The van der Waals surface area contributed by atoms with Crippen LogP contribution in [0.25, 0.3) is 0 Å². The molecule has 0 heterocycles. The van der Waals surface area contributed by atoms with Gasteiger partial charge in [0.05, 0.1) is 0 Å². The Morgan fingerprint density at radius 2 is 1.64 bits per heavy atom. The van der Waals surface area contributed by atoms with E-state index in [-0.39, 0.29) is 23.3 Å². The summed E-state index contributed by atoms with van der Waals surface area (Å²) in [5, 5.41) is 5.90. The maximum absolute atomic E-state index is 12.5. The number of carbonyl (C=O) groups excluding carboxylic acids is 2. The smallest absolute Gasteiger partial charge is 0.251 e. The number of benzene rings is 2. The molecule has 2 atom stereocenters. The van der Waals surface area contributed by atoms with Crippen LogP contribution in [0.1, 0.15) is 61.2 Å². The molecule has 0 spiro atoms. The molecule has 0 radical (unpaired) electrons. The molecule has 28 heavy (non-hydrogen) atoms. The number of carbonyl (C=O) groups is 2. The van der Waals surface area contributed by atoms with E-state index in [4.69, 9.17) is 0 Å². The molecule has 2 unspecified atom stereocenters. The van der Waals surface area contributed by atoms with Crippen LogP contribution in [-0.4, -0.2) is 23.9 Å². The van der Waals surface area contributed by atoms with Crippen LogP contribution in [0.3, 0.4) is 0 Å². The molecule has 2 aromatic carbocycles. The number of rotatable bonds is 4. The highest BCUT2D eigenvalue weighted by atomic mass is 16.2. The summed E-state index contributed by atoms with van der Waals surface area (Å²) in [4.78, 5) is 25.0. The number of fused-ring (bicyclic) bond motifs is 1. The first kappa shape index (κ1) is 20.1. The standard InChI is InChI=1S/C24H30N2O2/c1-16(25-23(28)18-9-12-20(13-10-18)24(2,3)4)22(27)26-21-14-11-17-7-5-6-8-19(17)15-21/h5-10,12-13,16,21H,11,14-15H2,1-4H3,(H,25,28)(H,26,27). The fourth-order valence-corrected chi connectivity index (χ4v) is 3.61. The molecule has 3 rings (SSSR count). The molecule has 1 aliphatic rings. The highest BCUT2D eigenvalue weighted by molar-refractivity contribution is 5.97. The fraction of sp³-hybridized carbons (Fsp3) is 0.417. The van der Waals surface area contributed by atoms with Crippen molar-refractivity contribution in [3.63, 3.8) is 0 Å². The minimum atomic E-state index is -0.577. The van der Waals surface area contributed by atoms with Gasteiger partial charge >= 0.3 is 0 Å². The molecule has 0 bridgehead atoms. The third-order valence-corrected chi connectivity index (χ3v) is 5.45. The van der Waals surface area contributed by atoms with E-state index in [1.165, 1.54) is 16.7 Å². The van der Waals surface area contributed by atoms with Crippen LogP contribution in [-0.2, 0) is 23.1 Å². The lowest BCUT2D eigenvalue weighted by Crippen LogP contribution is -2.49. The molecule has 4 nitrogen and oxygen atoms in total. The summed E-state index contributed by atoms with van der Waals surface area (Å²) in [5.74, 6) is -0.360. The third kappa shape index (κ3) is 4.80. The monoisotopic (exact) mass is 378 g/mol. The predicted octanol–water partition coefficient (Wildman–Crippen LogP) is 3.78. The zero-order valence-corrected chi connectivity index (χ0v) is 17.2. The summed E-state index contributed by atoms with van der Waals surface area (Å²) >= 11 is 0. The Morgan fingerprint density at radius 1 is 1.00 bits per heavy atom. The van der Waals surface area contributed by atoms with Crippen molar-refractivity contribution in [3.8, 4) is 0 Å². The molecule has 2 N–H and O–H groups in total. The van der Waals surface area contributed by atoms with Crippen molar-refractivity contribution in [1.82, 2.24) is 10.6 Å². The average molecular weight is 379 g/mol. The quantitative estimate of drug-likeness (QED) is 0.851. The van der Waals surface area contributed by atoms with E-state index >= 15 is 0 Å². The Hall–Kier alpha value is -2.62. The van der Waals surface area contributed by atoms with Gasteiger partial charge in [-0.1, -0.05) is 57.2 Å². The zero-order chi connectivity index (χ0) is 20.3. The minimum Gasteiger partial charge on any atom is -0.351 e. The molecule has 4 heteroatoms. The maximum Gasteiger partial charge on any atom is 0.251 e. The molecule has 0 aliphatic heterocycles. The first-order valence-electron chi connectivity index (χ1n) is 10.0. The van der Waals surface area contributed by atoms with E-state index < -0.39 is 6.04 Å². The average Bonchev–Trinajstić information content (AvgIpc) is 2.67. The molecular formula is C24H30N2O2. The van der Waals surface area contributed by atoms with Crippen molar-refractivity contribution in [1.29, 1.82) is 0 Å². The summed E-state index contributed by atoms with van der Waals surface area (Å²) in [5.41, 5.74) is 4.45. The van der Waals surface area contributed by atoms with Gasteiger partial charge in [-0.2, -0.15) is 0 Å². The number of amides is 2. The van der Waals surface area contributed by atoms with Crippen molar-refractivity contribution in [2.45, 2.75) is 64.5 Å². The summed E-state index contributed by atoms with van der Waals surface area (Å²) in [6, 6.07) is 15.5. The Morgan fingerprint density at radius 3 is 2.29 bits per heavy atom. The van der Waals surface area contributed by atoms with E-state index in [9.17, 15) is 9.59 Å². The van der Waals surface area contributed by atoms with Gasteiger partial charge in [-0.3, -0.25) is 9.59 Å². The molecule has 0 fully saturated rings.